The Kier molecular flexibility index (Phi) is 3.28. The van der Waals surface area contributed by atoms with E-state index in [-0.39, 0.29) is 5.91 Å². The molecule has 1 amide bonds. The van der Waals surface area contributed by atoms with E-state index in [0.29, 0.717) is 4.88 Å². The molecule has 3 nitrogen and oxygen atoms in total. The first-order valence-electron chi connectivity index (χ1n) is 4.64. The first-order valence-corrected chi connectivity index (χ1v) is 6.25. The summed E-state index contributed by atoms with van der Waals surface area (Å²) in [5, 5.41) is 2.27. The second-order valence-corrected chi connectivity index (χ2v) is 5.07. The molecule has 84 valence electrons. The number of halogens is 1. The van der Waals surface area contributed by atoms with Crippen LogP contribution in [0.15, 0.2) is 28.7 Å². The predicted molar refractivity (Wildman–Crippen MR) is 68.6 cm³/mol. The van der Waals surface area contributed by atoms with Crippen molar-refractivity contribution in [3.05, 3.63) is 33.6 Å². The first kappa shape index (κ1) is 11.6. The van der Waals surface area contributed by atoms with Gasteiger partial charge in [-0.3, -0.25) is 9.63 Å². The molecular weight excluding hydrogens is 290 g/mol. The number of benzene rings is 1. The van der Waals surface area contributed by atoms with Gasteiger partial charge in [-0.25, -0.2) is 5.06 Å². The minimum absolute atomic E-state index is 0.143. The average Bonchev–Trinajstić information content (AvgIpc) is 2.65. The lowest BCUT2D eigenvalue weighted by Gasteiger charge is -2.12. The van der Waals surface area contributed by atoms with Crippen molar-refractivity contribution in [1.29, 1.82) is 0 Å². The largest absolute Gasteiger partial charge is 0.288 e. The Hall–Kier alpha value is -0.910. The molecule has 2 rings (SSSR count). The number of amides is 1. The molecule has 1 heterocycles. The molecule has 0 aliphatic heterocycles. The Morgan fingerprint density at radius 1 is 1.44 bits per heavy atom. The topological polar surface area (TPSA) is 29.5 Å². The van der Waals surface area contributed by atoms with Crippen molar-refractivity contribution in [2.24, 2.45) is 0 Å². The quantitative estimate of drug-likeness (QED) is 0.796. The molecule has 0 saturated heterocycles. The smallest absolute Gasteiger partial charge is 0.274 e. The predicted octanol–water partition coefficient (Wildman–Crippen LogP) is 3.30. The summed E-state index contributed by atoms with van der Waals surface area (Å²) >= 11 is 4.91. The molecular formula is C11H10BrNO2S. The van der Waals surface area contributed by atoms with Crippen LogP contribution in [0, 0.1) is 0 Å². The molecule has 0 spiro atoms. The number of rotatable bonds is 2. The molecule has 0 saturated carbocycles. The number of carbonyl (C=O) groups is 1. The minimum Gasteiger partial charge on any atom is -0.274 e. The number of thiophene rings is 1. The van der Waals surface area contributed by atoms with Gasteiger partial charge >= 0.3 is 0 Å². The summed E-state index contributed by atoms with van der Waals surface area (Å²) in [7, 11) is 3.07. The van der Waals surface area contributed by atoms with Crippen molar-refractivity contribution in [1.82, 2.24) is 5.06 Å². The van der Waals surface area contributed by atoms with E-state index < -0.39 is 0 Å². The van der Waals surface area contributed by atoms with E-state index in [1.807, 2.05) is 24.3 Å². The number of hydroxylamine groups is 2. The van der Waals surface area contributed by atoms with Crippen molar-refractivity contribution in [2.45, 2.75) is 0 Å². The monoisotopic (exact) mass is 299 g/mol. The van der Waals surface area contributed by atoms with Crippen molar-refractivity contribution in [2.75, 3.05) is 14.2 Å². The van der Waals surface area contributed by atoms with Crippen LogP contribution in [0.25, 0.3) is 10.1 Å². The van der Waals surface area contributed by atoms with Crippen molar-refractivity contribution in [3.8, 4) is 0 Å². The van der Waals surface area contributed by atoms with Crippen LogP contribution < -0.4 is 0 Å². The average molecular weight is 300 g/mol. The van der Waals surface area contributed by atoms with Gasteiger partial charge in [0, 0.05) is 21.6 Å². The first-order chi connectivity index (χ1) is 7.65. The second-order valence-electron chi connectivity index (χ2n) is 3.23. The standard InChI is InChI=1S/C11H10BrNO2S/c1-13(15-2)11(14)10-9(12)7-5-3-4-6-8(7)16-10/h3-6H,1-2H3. The van der Waals surface area contributed by atoms with Crippen LogP contribution in [0.2, 0.25) is 0 Å². The molecule has 1 aromatic carbocycles. The van der Waals surface area contributed by atoms with Crippen LogP contribution in [0.5, 0.6) is 0 Å². The third-order valence-corrected chi connectivity index (χ3v) is 4.53. The Bertz CT molecular complexity index is 538. The van der Waals surface area contributed by atoms with E-state index >= 15 is 0 Å². The van der Waals surface area contributed by atoms with Crippen molar-refractivity contribution >= 4 is 43.3 Å². The highest BCUT2D eigenvalue weighted by atomic mass is 79.9. The number of hydrogen-bond acceptors (Lipinski definition) is 3. The van der Waals surface area contributed by atoms with Crippen LogP contribution in [0.3, 0.4) is 0 Å². The van der Waals surface area contributed by atoms with Gasteiger partial charge in [-0.2, -0.15) is 0 Å². The van der Waals surface area contributed by atoms with Gasteiger partial charge < -0.3 is 0 Å². The van der Waals surface area contributed by atoms with Crippen LogP contribution in [-0.4, -0.2) is 25.1 Å². The summed E-state index contributed by atoms with van der Waals surface area (Å²) in [5.74, 6) is -0.143. The summed E-state index contributed by atoms with van der Waals surface area (Å²) < 4.78 is 1.92. The zero-order valence-corrected chi connectivity index (χ0v) is 11.3. The highest BCUT2D eigenvalue weighted by Gasteiger charge is 2.19. The van der Waals surface area contributed by atoms with Gasteiger partial charge in [0.2, 0.25) is 0 Å². The molecule has 1 aromatic heterocycles. The molecule has 2 aromatic rings. The maximum absolute atomic E-state index is 11.9. The Balaban J connectivity index is 2.53. The van der Waals surface area contributed by atoms with Gasteiger partial charge in [0.25, 0.3) is 5.91 Å². The fraction of sp³-hybridized carbons (Fsp3) is 0.182. The maximum Gasteiger partial charge on any atom is 0.288 e. The van der Waals surface area contributed by atoms with Crippen molar-refractivity contribution < 1.29 is 9.63 Å². The summed E-state index contributed by atoms with van der Waals surface area (Å²) in [6, 6.07) is 7.89. The molecule has 0 unspecified atom stereocenters. The van der Waals surface area contributed by atoms with Gasteiger partial charge in [-0.15, -0.1) is 11.3 Å². The lowest BCUT2D eigenvalue weighted by Crippen LogP contribution is -2.24. The van der Waals surface area contributed by atoms with E-state index in [1.165, 1.54) is 23.5 Å². The van der Waals surface area contributed by atoms with Gasteiger partial charge in [0.05, 0.1) is 7.11 Å². The maximum atomic E-state index is 11.9. The molecule has 5 heteroatoms. The fourth-order valence-electron chi connectivity index (χ4n) is 1.38. The van der Waals surface area contributed by atoms with Crippen LogP contribution in [-0.2, 0) is 4.84 Å². The lowest BCUT2D eigenvalue weighted by atomic mass is 10.2. The van der Waals surface area contributed by atoms with Gasteiger partial charge in [-0.05, 0) is 22.0 Å². The number of hydrogen-bond donors (Lipinski definition) is 0. The number of carbonyl (C=O) groups excluding carboxylic acids is 1. The van der Waals surface area contributed by atoms with Crippen molar-refractivity contribution in [3.63, 3.8) is 0 Å². The van der Waals surface area contributed by atoms with E-state index in [9.17, 15) is 4.79 Å². The molecule has 0 radical (unpaired) electrons. The normalized spacial score (nSPS) is 10.7. The van der Waals surface area contributed by atoms with Gasteiger partial charge in [0.15, 0.2) is 0 Å². The molecule has 0 aliphatic rings. The zero-order chi connectivity index (χ0) is 11.7. The highest BCUT2D eigenvalue weighted by molar-refractivity contribution is 9.10. The third-order valence-electron chi connectivity index (χ3n) is 2.29. The van der Waals surface area contributed by atoms with Crippen LogP contribution in [0.4, 0.5) is 0 Å². The van der Waals surface area contributed by atoms with E-state index in [4.69, 9.17) is 4.84 Å². The van der Waals surface area contributed by atoms with Crippen LogP contribution in [0.1, 0.15) is 9.67 Å². The Morgan fingerprint density at radius 3 is 2.75 bits per heavy atom. The summed E-state index contributed by atoms with van der Waals surface area (Å²) in [6.07, 6.45) is 0. The highest BCUT2D eigenvalue weighted by Crippen LogP contribution is 2.35. The van der Waals surface area contributed by atoms with Crippen LogP contribution >= 0.6 is 27.3 Å². The van der Waals surface area contributed by atoms with Gasteiger partial charge in [0.1, 0.15) is 4.88 Å². The minimum atomic E-state index is -0.143. The molecule has 0 atom stereocenters. The molecule has 0 bridgehead atoms. The summed E-state index contributed by atoms with van der Waals surface area (Å²) in [5.41, 5.74) is 0. The summed E-state index contributed by atoms with van der Waals surface area (Å²) in [4.78, 5) is 17.5. The Morgan fingerprint density at radius 2 is 2.12 bits per heavy atom. The summed E-state index contributed by atoms with van der Waals surface area (Å²) in [6.45, 7) is 0. The fourth-order valence-corrected chi connectivity index (χ4v) is 3.33. The molecule has 16 heavy (non-hydrogen) atoms. The van der Waals surface area contributed by atoms with E-state index in [0.717, 1.165) is 14.6 Å². The van der Waals surface area contributed by atoms with E-state index in [2.05, 4.69) is 15.9 Å². The Labute approximate surface area is 106 Å². The van der Waals surface area contributed by atoms with Gasteiger partial charge in [-0.1, -0.05) is 18.2 Å². The second kappa shape index (κ2) is 4.53. The zero-order valence-electron chi connectivity index (χ0n) is 8.86. The lowest BCUT2D eigenvalue weighted by molar-refractivity contribution is -0.0754. The SMILES string of the molecule is CON(C)C(=O)c1sc2ccccc2c1Br. The molecule has 0 aliphatic carbocycles. The number of fused-ring (bicyclic) bond motifs is 1. The molecule has 0 fully saturated rings. The number of nitrogens with zero attached hydrogens (tertiary/aromatic N) is 1. The molecule has 0 N–H and O–H groups in total. The van der Waals surface area contributed by atoms with E-state index in [1.54, 1.807) is 7.05 Å². The third kappa shape index (κ3) is 1.86.